The minimum atomic E-state index is -2.71. The van der Waals surface area contributed by atoms with Gasteiger partial charge in [-0.3, -0.25) is 0 Å². The van der Waals surface area contributed by atoms with Crippen molar-refractivity contribution in [3.8, 4) is 0 Å². The number of hydrogen-bond donors (Lipinski definition) is 3. The Morgan fingerprint density at radius 2 is 1.25 bits per heavy atom. The van der Waals surface area contributed by atoms with E-state index in [-0.39, 0.29) is 13.2 Å². The molecule has 0 aliphatic heterocycles. The molecule has 7 heteroatoms. The predicted molar refractivity (Wildman–Crippen MR) is 80.4 cm³/mol. The highest BCUT2D eigenvalue weighted by Gasteiger charge is 2.42. The van der Waals surface area contributed by atoms with Crippen molar-refractivity contribution in [3.05, 3.63) is 0 Å². The summed E-state index contributed by atoms with van der Waals surface area (Å²) in [5, 5.41) is 18.2. The second-order valence-electron chi connectivity index (χ2n) is 4.79. The Morgan fingerprint density at radius 3 is 1.55 bits per heavy atom. The van der Waals surface area contributed by atoms with Gasteiger partial charge in [-0.25, -0.2) is 0 Å². The summed E-state index contributed by atoms with van der Waals surface area (Å²) in [6.07, 6.45) is 1.49. The molecule has 0 aliphatic carbocycles. The molecule has 4 N–H and O–H groups in total. The molecule has 0 rings (SSSR count). The van der Waals surface area contributed by atoms with Gasteiger partial charge in [0.2, 0.25) is 0 Å². The lowest BCUT2D eigenvalue weighted by Gasteiger charge is -2.34. The first kappa shape index (κ1) is 20.0. The molecule has 0 spiro atoms. The maximum atomic E-state index is 9.12. The third-order valence-corrected chi connectivity index (χ3v) is 6.29. The van der Waals surface area contributed by atoms with E-state index in [1.165, 1.54) is 0 Å². The van der Waals surface area contributed by atoms with Crippen molar-refractivity contribution in [1.82, 2.24) is 0 Å². The predicted octanol–water partition coefficient (Wildman–Crippen LogP) is 0.887. The van der Waals surface area contributed by atoms with Gasteiger partial charge in [0.05, 0.1) is 0 Å². The Balaban J connectivity index is 4.76. The van der Waals surface area contributed by atoms with Crippen molar-refractivity contribution in [2.75, 3.05) is 33.0 Å². The van der Waals surface area contributed by atoms with Crippen LogP contribution in [0.4, 0.5) is 0 Å². The molecule has 0 atom stereocenters. The van der Waals surface area contributed by atoms with Crippen LogP contribution in [0.15, 0.2) is 0 Å². The molecule has 0 bridgehead atoms. The zero-order valence-corrected chi connectivity index (χ0v) is 14.1. The molecule has 0 saturated carbocycles. The molecule has 0 saturated heterocycles. The van der Waals surface area contributed by atoms with Crippen molar-refractivity contribution in [2.45, 2.75) is 51.6 Å². The highest BCUT2D eigenvalue weighted by Crippen LogP contribution is 2.26. The van der Waals surface area contributed by atoms with E-state index in [2.05, 4.69) is 0 Å². The van der Waals surface area contributed by atoms with E-state index in [1.54, 1.807) is 0 Å². The molecule has 20 heavy (non-hydrogen) atoms. The summed E-state index contributed by atoms with van der Waals surface area (Å²) in [4.78, 5) is 0. The zero-order valence-electron chi connectivity index (χ0n) is 13.1. The Hall–Kier alpha value is -0.0231. The largest absolute Gasteiger partial charge is 0.500 e. The maximum Gasteiger partial charge on any atom is 0.500 e. The molecule has 0 aromatic heterocycles. The van der Waals surface area contributed by atoms with Crippen LogP contribution in [0.2, 0.25) is 6.04 Å². The van der Waals surface area contributed by atoms with Crippen molar-refractivity contribution < 1.29 is 23.5 Å². The number of aliphatic hydroxyl groups excluding tert-OH is 2. The van der Waals surface area contributed by atoms with Crippen molar-refractivity contribution in [3.63, 3.8) is 0 Å². The molecule has 122 valence electrons. The second kappa shape index (κ2) is 10.7. The van der Waals surface area contributed by atoms with Gasteiger partial charge in [0.25, 0.3) is 0 Å². The van der Waals surface area contributed by atoms with E-state index < -0.39 is 14.3 Å². The van der Waals surface area contributed by atoms with Gasteiger partial charge in [0, 0.05) is 44.6 Å². The summed E-state index contributed by atoms with van der Waals surface area (Å²) >= 11 is 0. The number of nitrogens with two attached hydrogens (primary N) is 1. The van der Waals surface area contributed by atoms with Gasteiger partial charge in [-0.15, -0.1) is 0 Å². The van der Waals surface area contributed by atoms with Gasteiger partial charge in [0.1, 0.15) is 0 Å². The molecule has 0 fully saturated rings. The average molecular weight is 309 g/mol. The lowest BCUT2D eigenvalue weighted by molar-refractivity contribution is 0.0673. The quantitative estimate of drug-likeness (QED) is 0.437. The summed E-state index contributed by atoms with van der Waals surface area (Å²) in [7, 11) is -2.71. The van der Waals surface area contributed by atoms with Gasteiger partial charge in [-0.2, -0.15) is 0 Å². The highest BCUT2D eigenvalue weighted by molar-refractivity contribution is 6.60. The average Bonchev–Trinajstić information content (AvgIpc) is 2.38. The normalized spacial score (nSPS) is 12.9. The van der Waals surface area contributed by atoms with Crippen LogP contribution in [0.1, 0.15) is 40.0 Å². The maximum absolute atomic E-state index is 9.12. The first-order valence-corrected chi connectivity index (χ1v) is 9.37. The van der Waals surface area contributed by atoms with Gasteiger partial charge < -0.3 is 29.2 Å². The molecule has 0 heterocycles. The minimum Gasteiger partial charge on any atom is -0.396 e. The summed E-state index contributed by atoms with van der Waals surface area (Å²) in [6.45, 7) is 7.34. The third-order valence-electron chi connectivity index (χ3n) is 3.24. The summed E-state index contributed by atoms with van der Waals surface area (Å²) in [5.41, 5.74) is 5.65. The molecule has 0 aromatic carbocycles. The van der Waals surface area contributed by atoms with Gasteiger partial charge in [-0.1, -0.05) is 0 Å². The molecule has 0 amide bonds. The van der Waals surface area contributed by atoms with Crippen LogP contribution in [0.3, 0.4) is 0 Å². The summed E-state index contributed by atoms with van der Waals surface area (Å²) in [6, 6.07) is 0.596. The van der Waals surface area contributed by atoms with Crippen molar-refractivity contribution in [2.24, 2.45) is 5.73 Å². The Bertz CT molecular complexity index is 220. The fourth-order valence-corrected chi connectivity index (χ4v) is 5.03. The first-order valence-electron chi connectivity index (χ1n) is 7.44. The Kier molecular flexibility index (Phi) is 10.7. The topological polar surface area (TPSA) is 94.2 Å². The Labute approximate surface area is 123 Å². The molecular formula is C13H31NO5Si. The van der Waals surface area contributed by atoms with Gasteiger partial charge in [0.15, 0.2) is 0 Å². The number of hydrogen-bond acceptors (Lipinski definition) is 6. The van der Waals surface area contributed by atoms with Crippen LogP contribution in [0.25, 0.3) is 0 Å². The van der Waals surface area contributed by atoms with E-state index in [9.17, 15) is 0 Å². The molecule has 0 unspecified atom stereocenters. The monoisotopic (exact) mass is 309 g/mol. The van der Waals surface area contributed by atoms with E-state index in [4.69, 9.17) is 29.2 Å². The Morgan fingerprint density at radius 1 is 0.850 bits per heavy atom. The van der Waals surface area contributed by atoms with Crippen LogP contribution in [0.5, 0.6) is 0 Å². The molecule has 0 aromatic rings. The minimum absolute atomic E-state index is 0.00294. The van der Waals surface area contributed by atoms with Crippen LogP contribution in [0, 0.1) is 0 Å². The smallest absolute Gasteiger partial charge is 0.396 e. The summed E-state index contributed by atoms with van der Waals surface area (Å²) < 4.78 is 17.3. The fraction of sp³-hybridized carbons (Fsp3) is 1.00. The standard InChI is InChI=1S/C13H31NO5Si/c1-4-17-20(18-5-2,19-6-3)12-9-13(14,7-10-15)8-11-16/h15-16H,4-12,14H2,1-3H3. The molecule has 0 aliphatic rings. The van der Waals surface area contributed by atoms with E-state index in [1.807, 2.05) is 20.8 Å². The SMILES string of the molecule is CCO[Si](CCC(N)(CCO)CCO)(OCC)OCC. The van der Waals surface area contributed by atoms with E-state index >= 15 is 0 Å². The molecule has 6 nitrogen and oxygen atoms in total. The van der Waals surface area contributed by atoms with Crippen molar-refractivity contribution in [1.29, 1.82) is 0 Å². The van der Waals surface area contributed by atoms with Gasteiger partial charge in [-0.05, 0) is 40.0 Å². The van der Waals surface area contributed by atoms with Crippen LogP contribution < -0.4 is 5.73 Å². The zero-order chi connectivity index (χ0) is 15.5. The van der Waals surface area contributed by atoms with Crippen molar-refractivity contribution >= 4 is 8.80 Å². The van der Waals surface area contributed by atoms with Crippen LogP contribution >= 0.6 is 0 Å². The van der Waals surface area contributed by atoms with E-state index in [0.29, 0.717) is 45.1 Å². The molecule has 0 radical (unpaired) electrons. The lowest BCUT2D eigenvalue weighted by Crippen LogP contribution is -2.50. The lowest BCUT2D eigenvalue weighted by atomic mass is 9.90. The van der Waals surface area contributed by atoms with Crippen LogP contribution in [-0.2, 0) is 13.3 Å². The number of rotatable bonds is 13. The molecular weight excluding hydrogens is 278 g/mol. The van der Waals surface area contributed by atoms with Gasteiger partial charge >= 0.3 is 8.80 Å². The van der Waals surface area contributed by atoms with Crippen LogP contribution in [-0.4, -0.2) is 57.6 Å². The van der Waals surface area contributed by atoms with E-state index in [0.717, 1.165) is 0 Å². The highest BCUT2D eigenvalue weighted by atomic mass is 28.4. The third kappa shape index (κ3) is 7.12. The first-order chi connectivity index (χ1) is 9.51. The number of aliphatic hydroxyl groups is 2. The fourth-order valence-electron chi connectivity index (χ4n) is 2.22. The second-order valence-corrected chi connectivity index (χ2v) is 7.52. The summed E-state index contributed by atoms with van der Waals surface area (Å²) in [5.74, 6) is 0.